The molecule has 3 nitrogen and oxygen atoms in total. The molecule has 3 heteroatoms. The van der Waals surface area contributed by atoms with Crippen molar-refractivity contribution >= 4 is 5.91 Å². The summed E-state index contributed by atoms with van der Waals surface area (Å²) in [5.41, 5.74) is 2.84. The molecule has 0 fully saturated rings. The third-order valence-corrected chi connectivity index (χ3v) is 4.88. The third-order valence-electron chi connectivity index (χ3n) is 4.88. The Morgan fingerprint density at radius 2 is 1.27 bits per heavy atom. The summed E-state index contributed by atoms with van der Waals surface area (Å²) in [6.07, 6.45) is 0. The quantitative estimate of drug-likeness (QED) is 0.714. The van der Waals surface area contributed by atoms with Crippen molar-refractivity contribution in [2.45, 2.75) is 25.5 Å². The van der Waals surface area contributed by atoms with E-state index in [0.717, 1.165) is 22.3 Å². The maximum atomic E-state index is 13.3. The Labute approximate surface area is 154 Å². The summed E-state index contributed by atoms with van der Waals surface area (Å²) < 4.78 is 0. The van der Waals surface area contributed by atoms with E-state index in [4.69, 9.17) is 0 Å². The van der Waals surface area contributed by atoms with Gasteiger partial charge in [0, 0.05) is 6.54 Å². The van der Waals surface area contributed by atoms with E-state index < -0.39 is 5.41 Å². The number of carbonyl (C=O) groups is 1. The maximum absolute atomic E-state index is 13.3. The molecule has 1 amide bonds. The van der Waals surface area contributed by atoms with Crippen LogP contribution in [0.2, 0.25) is 0 Å². The lowest BCUT2D eigenvalue weighted by Crippen LogP contribution is -2.43. The van der Waals surface area contributed by atoms with Gasteiger partial charge in [-0.05, 0) is 29.2 Å². The fourth-order valence-corrected chi connectivity index (χ4v) is 3.21. The van der Waals surface area contributed by atoms with Crippen LogP contribution < -0.4 is 5.32 Å². The summed E-state index contributed by atoms with van der Waals surface area (Å²) in [6.45, 7) is 2.29. The van der Waals surface area contributed by atoms with Crippen molar-refractivity contribution in [3.8, 4) is 0 Å². The zero-order valence-electron chi connectivity index (χ0n) is 14.9. The van der Waals surface area contributed by atoms with Gasteiger partial charge < -0.3 is 10.4 Å². The Morgan fingerprint density at radius 1 is 0.808 bits per heavy atom. The van der Waals surface area contributed by atoms with Gasteiger partial charge in [-0.25, -0.2) is 0 Å². The molecule has 0 radical (unpaired) electrons. The van der Waals surface area contributed by atoms with Gasteiger partial charge in [-0.1, -0.05) is 84.9 Å². The van der Waals surface area contributed by atoms with Gasteiger partial charge in [0.2, 0.25) is 5.91 Å². The molecule has 26 heavy (non-hydrogen) atoms. The summed E-state index contributed by atoms with van der Waals surface area (Å²) >= 11 is 0. The van der Waals surface area contributed by atoms with Gasteiger partial charge >= 0.3 is 0 Å². The minimum absolute atomic E-state index is 0.0410. The highest BCUT2D eigenvalue weighted by molar-refractivity contribution is 5.91. The number of rotatable bonds is 6. The number of hydrogen-bond acceptors (Lipinski definition) is 2. The fraction of sp³-hybridized carbons (Fsp3) is 0.174. The molecule has 0 heterocycles. The lowest BCUT2D eigenvalue weighted by Gasteiger charge is -2.30. The highest BCUT2D eigenvalue weighted by atomic mass is 16.3. The number of amides is 1. The average Bonchev–Trinajstić information content (AvgIpc) is 2.72. The molecule has 0 atom stereocenters. The molecule has 0 spiro atoms. The summed E-state index contributed by atoms with van der Waals surface area (Å²) in [6, 6.07) is 27.2. The van der Waals surface area contributed by atoms with Gasteiger partial charge in [-0.3, -0.25) is 4.79 Å². The van der Waals surface area contributed by atoms with Crippen molar-refractivity contribution in [2.24, 2.45) is 0 Å². The molecule has 3 rings (SSSR count). The fourth-order valence-electron chi connectivity index (χ4n) is 3.21. The Morgan fingerprint density at radius 3 is 1.77 bits per heavy atom. The van der Waals surface area contributed by atoms with E-state index in [-0.39, 0.29) is 12.5 Å². The molecule has 3 aromatic rings. The SMILES string of the molecule is CC(C(=O)NCc1ccccc1CO)(c1ccccc1)c1ccccc1. The second-order valence-electron chi connectivity index (χ2n) is 6.47. The first-order valence-electron chi connectivity index (χ1n) is 8.73. The Kier molecular flexibility index (Phi) is 5.49. The highest BCUT2D eigenvalue weighted by Crippen LogP contribution is 2.32. The van der Waals surface area contributed by atoms with Crippen LogP contribution in [0.3, 0.4) is 0 Å². The van der Waals surface area contributed by atoms with Crippen molar-refractivity contribution in [1.29, 1.82) is 0 Å². The number of aliphatic hydroxyl groups excluding tert-OH is 1. The number of nitrogens with one attached hydrogen (secondary N) is 1. The molecule has 0 aliphatic heterocycles. The van der Waals surface area contributed by atoms with E-state index in [1.165, 1.54) is 0 Å². The van der Waals surface area contributed by atoms with Gasteiger partial charge in [0.15, 0.2) is 0 Å². The zero-order valence-corrected chi connectivity index (χ0v) is 14.9. The highest BCUT2D eigenvalue weighted by Gasteiger charge is 2.36. The third kappa shape index (κ3) is 3.53. The first-order chi connectivity index (χ1) is 12.7. The second kappa shape index (κ2) is 7.98. The molecule has 0 unspecified atom stereocenters. The Bertz CT molecular complexity index is 820. The van der Waals surface area contributed by atoms with Crippen LogP contribution >= 0.6 is 0 Å². The molecule has 0 aliphatic rings. The first-order valence-corrected chi connectivity index (χ1v) is 8.73. The van der Waals surface area contributed by atoms with Crippen LogP contribution in [0.25, 0.3) is 0 Å². The number of carbonyl (C=O) groups excluding carboxylic acids is 1. The first kappa shape index (κ1) is 17.9. The molecule has 2 N–H and O–H groups in total. The van der Waals surface area contributed by atoms with Crippen LogP contribution in [0.1, 0.15) is 29.2 Å². The number of benzene rings is 3. The Balaban J connectivity index is 1.91. The van der Waals surface area contributed by atoms with Crippen LogP contribution in [-0.2, 0) is 23.4 Å². The van der Waals surface area contributed by atoms with Crippen molar-refractivity contribution in [2.75, 3.05) is 0 Å². The number of aliphatic hydroxyl groups is 1. The summed E-state index contributed by atoms with van der Waals surface area (Å²) in [5.74, 6) is -0.0670. The monoisotopic (exact) mass is 345 g/mol. The molecule has 132 valence electrons. The van der Waals surface area contributed by atoms with Crippen molar-refractivity contribution in [3.05, 3.63) is 107 Å². The molecule has 0 saturated heterocycles. The van der Waals surface area contributed by atoms with Gasteiger partial charge in [0.25, 0.3) is 0 Å². The van der Waals surface area contributed by atoms with Crippen LogP contribution in [0, 0.1) is 0 Å². The minimum Gasteiger partial charge on any atom is -0.392 e. The van der Waals surface area contributed by atoms with E-state index in [0.29, 0.717) is 6.54 Å². The van der Waals surface area contributed by atoms with E-state index in [2.05, 4.69) is 5.32 Å². The van der Waals surface area contributed by atoms with Gasteiger partial charge in [-0.2, -0.15) is 0 Å². The topological polar surface area (TPSA) is 49.3 Å². The van der Waals surface area contributed by atoms with Crippen LogP contribution in [0.5, 0.6) is 0 Å². The van der Waals surface area contributed by atoms with E-state index in [1.807, 2.05) is 91.9 Å². The molecule has 0 aliphatic carbocycles. The minimum atomic E-state index is -0.795. The van der Waals surface area contributed by atoms with Gasteiger partial charge in [-0.15, -0.1) is 0 Å². The van der Waals surface area contributed by atoms with E-state index in [1.54, 1.807) is 0 Å². The lowest BCUT2D eigenvalue weighted by molar-refractivity contribution is -0.125. The number of hydrogen-bond donors (Lipinski definition) is 2. The molecule has 0 bridgehead atoms. The molecule has 0 aromatic heterocycles. The van der Waals surface area contributed by atoms with Crippen molar-refractivity contribution in [3.63, 3.8) is 0 Å². The smallest absolute Gasteiger partial charge is 0.235 e. The summed E-state index contributed by atoms with van der Waals surface area (Å²) in [5, 5.41) is 12.5. The summed E-state index contributed by atoms with van der Waals surface area (Å²) in [7, 11) is 0. The molecule has 3 aromatic carbocycles. The normalized spacial score (nSPS) is 11.2. The largest absolute Gasteiger partial charge is 0.392 e. The lowest BCUT2D eigenvalue weighted by atomic mass is 9.75. The maximum Gasteiger partial charge on any atom is 0.235 e. The van der Waals surface area contributed by atoms with Crippen LogP contribution in [0.15, 0.2) is 84.9 Å². The predicted molar refractivity (Wildman–Crippen MR) is 104 cm³/mol. The second-order valence-corrected chi connectivity index (χ2v) is 6.47. The summed E-state index contributed by atoms with van der Waals surface area (Å²) in [4.78, 5) is 13.3. The van der Waals surface area contributed by atoms with E-state index in [9.17, 15) is 9.90 Å². The molecular formula is C23H23NO2. The van der Waals surface area contributed by atoms with Crippen molar-refractivity contribution in [1.82, 2.24) is 5.32 Å². The predicted octanol–water partition coefficient (Wildman–Crippen LogP) is 3.80. The van der Waals surface area contributed by atoms with Gasteiger partial charge in [0.1, 0.15) is 0 Å². The average molecular weight is 345 g/mol. The van der Waals surface area contributed by atoms with Crippen molar-refractivity contribution < 1.29 is 9.90 Å². The molecular weight excluding hydrogens is 322 g/mol. The van der Waals surface area contributed by atoms with E-state index >= 15 is 0 Å². The van der Waals surface area contributed by atoms with Gasteiger partial charge in [0.05, 0.1) is 12.0 Å². The van der Waals surface area contributed by atoms with Crippen LogP contribution in [0.4, 0.5) is 0 Å². The standard InChI is InChI=1S/C23H23NO2/c1-23(20-12-4-2-5-13-20,21-14-6-3-7-15-21)22(26)24-16-18-10-8-9-11-19(18)17-25/h2-15,25H,16-17H2,1H3,(H,24,26). The Hall–Kier alpha value is -2.91. The van der Waals surface area contributed by atoms with Crippen LogP contribution in [-0.4, -0.2) is 11.0 Å². The molecule has 0 saturated carbocycles. The zero-order chi connectivity index (χ0) is 18.4.